The zero-order valence-electron chi connectivity index (χ0n) is 10.8. The molecule has 0 radical (unpaired) electrons. The van der Waals surface area contributed by atoms with Gasteiger partial charge in [0.05, 0.1) is 0 Å². The van der Waals surface area contributed by atoms with Crippen LogP contribution in [0.5, 0.6) is 0 Å². The summed E-state index contributed by atoms with van der Waals surface area (Å²) in [6.07, 6.45) is 6.63. The largest absolute Gasteiger partial charge is 0.329 e. The van der Waals surface area contributed by atoms with E-state index in [9.17, 15) is 0 Å². The van der Waals surface area contributed by atoms with E-state index in [1.165, 1.54) is 45.2 Å². The summed E-state index contributed by atoms with van der Waals surface area (Å²) in [4.78, 5) is 2.61. The Morgan fingerprint density at radius 3 is 2.53 bits per heavy atom. The fraction of sp³-hybridized carbons (Fsp3) is 1.00. The predicted octanol–water partition coefficient (Wildman–Crippen LogP) is 2.63. The van der Waals surface area contributed by atoms with Crippen LogP contribution in [0.25, 0.3) is 0 Å². The van der Waals surface area contributed by atoms with E-state index in [0.717, 1.165) is 6.54 Å². The van der Waals surface area contributed by atoms with Crippen molar-refractivity contribution in [2.75, 3.05) is 19.6 Å². The summed E-state index contributed by atoms with van der Waals surface area (Å²) in [6.45, 7) is 10.3. The molecule has 2 N–H and O–H groups in total. The Morgan fingerprint density at radius 1 is 1.33 bits per heavy atom. The normalized spacial score (nSPS) is 23.2. The molecule has 1 fully saturated rings. The summed E-state index contributed by atoms with van der Waals surface area (Å²) >= 11 is 0. The Labute approximate surface area is 95.2 Å². The average Bonchev–Trinajstić information content (AvgIpc) is 2.54. The second kappa shape index (κ2) is 5.86. The second-order valence-electron chi connectivity index (χ2n) is 5.77. The molecule has 0 aliphatic carbocycles. The van der Waals surface area contributed by atoms with Crippen molar-refractivity contribution in [2.24, 2.45) is 11.1 Å². The van der Waals surface area contributed by atoms with E-state index < -0.39 is 0 Å². The maximum absolute atomic E-state index is 5.88. The summed E-state index contributed by atoms with van der Waals surface area (Å²) in [5.41, 5.74) is 6.39. The van der Waals surface area contributed by atoms with E-state index in [1.54, 1.807) is 0 Å². The van der Waals surface area contributed by atoms with Gasteiger partial charge in [-0.15, -0.1) is 0 Å². The number of nitrogens with two attached hydrogens (primary N) is 1. The van der Waals surface area contributed by atoms with Gasteiger partial charge in [-0.2, -0.15) is 0 Å². The minimum Gasteiger partial charge on any atom is -0.329 e. The van der Waals surface area contributed by atoms with E-state index in [4.69, 9.17) is 5.73 Å². The highest BCUT2D eigenvalue weighted by molar-refractivity contribution is 4.86. The number of unbranched alkanes of at least 4 members (excludes halogenated alkanes) is 2. The van der Waals surface area contributed by atoms with Gasteiger partial charge in [0.1, 0.15) is 0 Å². The van der Waals surface area contributed by atoms with E-state index in [2.05, 4.69) is 25.7 Å². The van der Waals surface area contributed by atoms with Crippen LogP contribution in [0.4, 0.5) is 0 Å². The molecule has 0 spiro atoms. The summed E-state index contributed by atoms with van der Waals surface area (Å²) in [6, 6.07) is 0.637. The molecule has 1 aliphatic rings. The predicted molar refractivity (Wildman–Crippen MR) is 67.0 cm³/mol. The molecule has 0 bridgehead atoms. The van der Waals surface area contributed by atoms with Crippen molar-refractivity contribution in [2.45, 2.75) is 58.9 Å². The van der Waals surface area contributed by atoms with Crippen LogP contribution in [0.2, 0.25) is 0 Å². The molecule has 1 atom stereocenters. The highest BCUT2D eigenvalue weighted by Crippen LogP contribution is 2.30. The number of rotatable bonds is 6. The molecule has 1 saturated heterocycles. The Bertz CT molecular complexity index is 177. The number of likely N-dealkylation sites (tertiary alicyclic amines) is 1. The van der Waals surface area contributed by atoms with E-state index >= 15 is 0 Å². The SMILES string of the molecule is CCCCCC(CN)N1CCC(C)(C)C1. The van der Waals surface area contributed by atoms with Gasteiger partial charge in [0.2, 0.25) is 0 Å². The minimum atomic E-state index is 0.512. The lowest BCUT2D eigenvalue weighted by Crippen LogP contribution is -2.39. The van der Waals surface area contributed by atoms with Gasteiger partial charge in [-0.05, 0) is 24.8 Å². The average molecular weight is 212 g/mol. The number of hydrogen-bond acceptors (Lipinski definition) is 2. The first kappa shape index (κ1) is 13.0. The summed E-state index contributed by atoms with van der Waals surface area (Å²) in [5, 5.41) is 0. The van der Waals surface area contributed by atoms with Crippen molar-refractivity contribution in [3.63, 3.8) is 0 Å². The van der Waals surface area contributed by atoms with Gasteiger partial charge >= 0.3 is 0 Å². The van der Waals surface area contributed by atoms with Crippen LogP contribution in [0.15, 0.2) is 0 Å². The van der Waals surface area contributed by atoms with Gasteiger partial charge < -0.3 is 5.73 Å². The van der Waals surface area contributed by atoms with Crippen molar-refractivity contribution >= 4 is 0 Å². The topological polar surface area (TPSA) is 29.3 Å². The van der Waals surface area contributed by atoms with Gasteiger partial charge in [0.25, 0.3) is 0 Å². The van der Waals surface area contributed by atoms with Crippen molar-refractivity contribution in [1.29, 1.82) is 0 Å². The fourth-order valence-electron chi connectivity index (χ4n) is 2.55. The van der Waals surface area contributed by atoms with Crippen LogP contribution in [0.1, 0.15) is 52.9 Å². The third-order valence-electron chi connectivity index (χ3n) is 3.64. The third-order valence-corrected chi connectivity index (χ3v) is 3.64. The highest BCUT2D eigenvalue weighted by Gasteiger charge is 2.32. The van der Waals surface area contributed by atoms with Crippen LogP contribution >= 0.6 is 0 Å². The molecule has 0 aromatic carbocycles. The highest BCUT2D eigenvalue weighted by atomic mass is 15.2. The van der Waals surface area contributed by atoms with Gasteiger partial charge in [-0.25, -0.2) is 0 Å². The van der Waals surface area contributed by atoms with Gasteiger partial charge in [0.15, 0.2) is 0 Å². The molecule has 1 unspecified atom stereocenters. The van der Waals surface area contributed by atoms with E-state index in [0.29, 0.717) is 11.5 Å². The zero-order valence-corrected chi connectivity index (χ0v) is 10.8. The van der Waals surface area contributed by atoms with Crippen molar-refractivity contribution in [1.82, 2.24) is 4.90 Å². The molecular formula is C13H28N2. The molecule has 2 nitrogen and oxygen atoms in total. The molecule has 0 aromatic heterocycles. The molecule has 0 amide bonds. The molecule has 90 valence electrons. The van der Waals surface area contributed by atoms with E-state index in [-0.39, 0.29) is 0 Å². The van der Waals surface area contributed by atoms with Crippen molar-refractivity contribution < 1.29 is 0 Å². The first-order valence-electron chi connectivity index (χ1n) is 6.53. The minimum absolute atomic E-state index is 0.512. The molecule has 1 aliphatic heterocycles. The second-order valence-corrected chi connectivity index (χ2v) is 5.77. The van der Waals surface area contributed by atoms with Crippen LogP contribution in [0, 0.1) is 5.41 Å². The summed E-state index contributed by atoms with van der Waals surface area (Å²) in [5.74, 6) is 0. The van der Waals surface area contributed by atoms with Crippen molar-refractivity contribution in [3.8, 4) is 0 Å². The van der Waals surface area contributed by atoms with Gasteiger partial charge in [-0.1, -0.05) is 40.0 Å². The van der Waals surface area contributed by atoms with Crippen LogP contribution in [-0.4, -0.2) is 30.6 Å². The van der Waals surface area contributed by atoms with Crippen LogP contribution in [-0.2, 0) is 0 Å². The Kier molecular flexibility index (Phi) is 5.07. The molecule has 0 aromatic rings. The maximum atomic E-state index is 5.88. The monoisotopic (exact) mass is 212 g/mol. The van der Waals surface area contributed by atoms with Crippen molar-refractivity contribution in [3.05, 3.63) is 0 Å². The first-order chi connectivity index (χ1) is 7.09. The van der Waals surface area contributed by atoms with Crippen LogP contribution in [0.3, 0.4) is 0 Å². The standard InChI is InChI=1S/C13H28N2/c1-4-5-6-7-12(10-14)15-9-8-13(2,3)11-15/h12H,4-11,14H2,1-3H3. The maximum Gasteiger partial charge on any atom is 0.0218 e. The number of nitrogens with zero attached hydrogens (tertiary/aromatic N) is 1. The van der Waals surface area contributed by atoms with E-state index in [1.807, 2.05) is 0 Å². The molecule has 15 heavy (non-hydrogen) atoms. The number of hydrogen-bond donors (Lipinski definition) is 1. The molecule has 1 heterocycles. The zero-order chi connectivity index (χ0) is 11.3. The fourth-order valence-corrected chi connectivity index (χ4v) is 2.55. The summed E-state index contributed by atoms with van der Waals surface area (Å²) in [7, 11) is 0. The lowest BCUT2D eigenvalue weighted by Gasteiger charge is -2.28. The molecule has 2 heteroatoms. The van der Waals surface area contributed by atoms with Gasteiger partial charge in [-0.3, -0.25) is 4.90 Å². The Morgan fingerprint density at radius 2 is 2.07 bits per heavy atom. The van der Waals surface area contributed by atoms with Crippen LogP contribution < -0.4 is 5.73 Å². The first-order valence-corrected chi connectivity index (χ1v) is 6.53. The Balaban J connectivity index is 2.32. The smallest absolute Gasteiger partial charge is 0.0218 e. The van der Waals surface area contributed by atoms with Gasteiger partial charge in [0, 0.05) is 19.1 Å². The lowest BCUT2D eigenvalue weighted by molar-refractivity contribution is 0.208. The molecule has 1 rings (SSSR count). The Hall–Kier alpha value is -0.0800. The molecule has 0 saturated carbocycles. The quantitative estimate of drug-likeness (QED) is 0.686. The third kappa shape index (κ3) is 4.12. The molecular weight excluding hydrogens is 184 g/mol. The lowest BCUT2D eigenvalue weighted by atomic mass is 9.93. The summed E-state index contributed by atoms with van der Waals surface area (Å²) < 4.78 is 0.